The number of hydrogen-bond donors (Lipinski definition) is 0. The molecule has 0 spiro atoms. The zero-order valence-corrected chi connectivity index (χ0v) is 12.2. The SMILES string of the molecule is CCCCCCCCCCCO[SiH](C)C. The average molecular weight is 230 g/mol. The lowest BCUT2D eigenvalue weighted by molar-refractivity contribution is 0.311. The molecule has 0 aliphatic rings. The van der Waals surface area contributed by atoms with Gasteiger partial charge in [0.2, 0.25) is 0 Å². The second-order valence-electron chi connectivity index (χ2n) is 4.75. The van der Waals surface area contributed by atoms with E-state index in [0.717, 1.165) is 6.61 Å². The van der Waals surface area contributed by atoms with Crippen molar-refractivity contribution >= 4 is 9.04 Å². The predicted molar refractivity (Wildman–Crippen MR) is 72.1 cm³/mol. The van der Waals surface area contributed by atoms with Gasteiger partial charge in [0.1, 0.15) is 0 Å². The fraction of sp³-hybridized carbons (Fsp3) is 1.00. The van der Waals surface area contributed by atoms with Gasteiger partial charge in [0, 0.05) is 6.61 Å². The summed E-state index contributed by atoms with van der Waals surface area (Å²) in [5.41, 5.74) is 0. The number of hydrogen-bond acceptors (Lipinski definition) is 1. The maximum atomic E-state index is 5.64. The molecule has 2 heteroatoms. The van der Waals surface area contributed by atoms with Crippen LogP contribution >= 0.6 is 0 Å². The zero-order chi connectivity index (χ0) is 11.4. The average Bonchev–Trinajstić information content (AvgIpc) is 2.20. The van der Waals surface area contributed by atoms with Crippen LogP contribution in [0.15, 0.2) is 0 Å². The molecule has 0 unspecified atom stereocenters. The lowest BCUT2D eigenvalue weighted by atomic mass is 10.1. The minimum Gasteiger partial charge on any atom is -0.421 e. The Morgan fingerprint density at radius 2 is 1.20 bits per heavy atom. The molecule has 0 aromatic carbocycles. The summed E-state index contributed by atoms with van der Waals surface area (Å²) >= 11 is 0. The van der Waals surface area contributed by atoms with E-state index in [1.54, 1.807) is 0 Å². The second-order valence-corrected chi connectivity index (χ2v) is 7.18. The van der Waals surface area contributed by atoms with E-state index in [0.29, 0.717) is 0 Å². The molecular formula is C13H30OSi. The van der Waals surface area contributed by atoms with Crippen LogP contribution in [0.25, 0.3) is 0 Å². The maximum absolute atomic E-state index is 5.64. The molecule has 0 aliphatic heterocycles. The van der Waals surface area contributed by atoms with Crippen LogP contribution in [0, 0.1) is 0 Å². The van der Waals surface area contributed by atoms with E-state index in [4.69, 9.17) is 4.43 Å². The van der Waals surface area contributed by atoms with E-state index in [2.05, 4.69) is 20.0 Å². The Bertz CT molecular complexity index is 115. The summed E-state index contributed by atoms with van der Waals surface area (Å²) < 4.78 is 5.64. The first-order valence-corrected chi connectivity index (χ1v) is 9.67. The normalized spacial score (nSPS) is 11.2. The molecule has 0 aromatic heterocycles. The quantitative estimate of drug-likeness (QED) is 0.375. The van der Waals surface area contributed by atoms with Gasteiger partial charge in [0.05, 0.1) is 0 Å². The predicted octanol–water partition coefficient (Wildman–Crippen LogP) is 4.52. The standard InChI is InChI=1S/C13H30OSi/c1-4-5-6-7-8-9-10-11-12-13-14-15(2)3/h15H,4-13H2,1-3H3. The molecule has 0 rings (SSSR count). The van der Waals surface area contributed by atoms with E-state index in [1.165, 1.54) is 57.8 Å². The van der Waals surface area contributed by atoms with Gasteiger partial charge < -0.3 is 4.43 Å². The van der Waals surface area contributed by atoms with Crippen LogP contribution in [0.5, 0.6) is 0 Å². The van der Waals surface area contributed by atoms with Gasteiger partial charge in [-0.15, -0.1) is 0 Å². The van der Waals surface area contributed by atoms with E-state index >= 15 is 0 Å². The van der Waals surface area contributed by atoms with Crippen LogP contribution < -0.4 is 0 Å². The van der Waals surface area contributed by atoms with Crippen molar-refractivity contribution in [2.75, 3.05) is 6.61 Å². The van der Waals surface area contributed by atoms with Gasteiger partial charge in [-0.05, 0) is 19.5 Å². The Balaban J connectivity index is 2.87. The minimum absolute atomic E-state index is 0.749. The summed E-state index contributed by atoms with van der Waals surface area (Å²) in [4.78, 5) is 0. The molecule has 0 atom stereocenters. The fourth-order valence-electron chi connectivity index (χ4n) is 1.73. The van der Waals surface area contributed by atoms with E-state index < -0.39 is 9.04 Å². The first-order valence-electron chi connectivity index (χ1n) is 6.89. The van der Waals surface area contributed by atoms with E-state index in [-0.39, 0.29) is 0 Å². The van der Waals surface area contributed by atoms with Crippen LogP contribution in [-0.2, 0) is 4.43 Å². The van der Waals surface area contributed by atoms with Crippen molar-refractivity contribution < 1.29 is 4.43 Å². The fourth-order valence-corrected chi connectivity index (χ4v) is 2.37. The van der Waals surface area contributed by atoms with Gasteiger partial charge in [-0.3, -0.25) is 0 Å². The third-order valence-corrected chi connectivity index (χ3v) is 3.60. The lowest BCUT2D eigenvalue weighted by Crippen LogP contribution is -2.08. The van der Waals surface area contributed by atoms with Gasteiger partial charge in [0.15, 0.2) is 9.04 Å². The van der Waals surface area contributed by atoms with Crippen molar-refractivity contribution in [3.05, 3.63) is 0 Å². The monoisotopic (exact) mass is 230 g/mol. The summed E-state index contributed by atoms with van der Waals surface area (Å²) in [7, 11) is -0.749. The van der Waals surface area contributed by atoms with Gasteiger partial charge in [-0.25, -0.2) is 0 Å². The van der Waals surface area contributed by atoms with Crippen LogP contribution in [0.2, 0.25) is 13.1 Å². The van der Waals surface area contributed by atoms with Gasteiger partial charge in [-0.1, -0.05) is 58.3 Å². The first kappa shape index (κ1) is 15.2. The molecule has 0 amide bonds. The summed E-state index contributed by atoms with van der Waals surface area (Å²) in [6.07, 6.45) is 12.6. The van der Waals surface area contributed by atoms with Crippen molar-refractivity contribution in [3.63, 3.8) is 0 Å². The molecule has 0 N–H and O–H groups in total. The summed E-state index contributed by atoms with van der Waals surface area (Å²) in [6, 6.07) is 0. The van der Waals surface area contributed by atoms with E-state index in [9.17, 15) is 0 Å². The smallest absolute Gasteiger partial charge is 0.170 e. The molecule has 92 valence electrons. The maximum Gasteiger partial charge on any atom is 0.170 e. The first-order chi connectivity index (χ1) is 7.27. The van der Waals surface area contributed by atoms with Crippen molar-refractivity contribution in [1.82, 2.24) is 0 Å². The second kappa shape index (κ2) is 12.2. The molecule has 0 saturated carbocycles. The molecule has 0 heterocycles. The molecule has 1 nitrogen and oxygen atoms in total. The van der Waals surface area contributed by atoms with Crippen molar-refractivity contribution in [2.45, 2.75) is 77.8 Å². The third kappa shape index (κ3) is 14.2. The topological polar surface area (TPSA) is 9.23 Å². The summed E-state index contributed by atoms with van der Waals surface area (Å²) in [5.74, 6) is 0. The highest BCUT2D eigenvalue weighted by atomic mass is 28.3. The number of rotatable bonds is 11. The summed E-state index contributed by atoms with van der Waals surface area (Å²) in [6.45, 7) is 7.78. The highest BCUT2D eigenvalue weighted by molar-refractivity contribution is 6.48. The van der Waals surface area contributed by atoms with Crippen LogP contribution in [0.3, 0.4) is 0 Å². The molecule has 0 fully saturated rings. The van der Waals surface area contributed by atoms with Gasteiger partial charge in [-0.2, -0.15) is 0 Å². The van der Waals surface area contributed by atoms with Crippen LogP contribution in [0.4, 0.5) is 0 Å². The largest absolute Gasteiger partial charge is 0.421 e. The van der Waals surface area contributed by atoms with Gasteiger partial charge >= 0.3 is 0 Å². The molecule has 0 bridgehead atoms. The lowest BCUT2D eigenvalue weighted by Gasteiger charge is -2.06. The van der Waals surface area contributed by atoms with E-state index in [1.807, 2.05) is 0 Å². The van der Waals surface area contributed by atoms with Gasteiger partial charge in [0.25, 0.3) is 0 Å². The molecule has 0 radical (unpaired) electrons. The molecule has 15 heavy (non-hydrogen) atoms. The Labute approximate surface area is 98.3 Å². The highest BCUT2D eigenvalue weighted by Gasteiger charge is 1.95. The third-order valence-electron chi connectivity index (χ3n) is 2.70. The minimum atomic E-state index is -0.749. The molecule has 0 saturated heterocycles. The molecular weight excluding hydrogens is 200 g/mol. The van der Waals surface area contributed by atoms with Crippen LogP contribution in [0.1, 0.15) is 64.7 Å². The Morgan fingerprint density at radius 3 is 1.67 bits per heavy atom. The molecule has 0 aromatic rings. The Kier molecular flexibility index (Phi) is 12.4. The molecule has 0 aliphatic carbocycles. The zero-order valence-electron chi connectivity index (χ0n) is 11.1. The van der Waals surface area contributed by atoms with Crippen molar-refractivity contribution in [2.24, 2.45) is 0 Å². The Morgan fingerprint density at radius 1 is 0.733 bits per heavy atom. The van der Waals surface area contributed by atoms with Crippen molar-refractivity contribution in [3.8, 4) is 0 Å². The summed E-state index contributed by atoms with van der Waals surface area (Å²) in [5, 5.41) is 0. The van der Waals surface area contributed by atoms with Crippen LogP contribution in [-0.4, -0.2) is 15.6 Å². The Hall–Kier alpha value is 0.177. The highest BCUT2D eigenvalue weighted by Crippen LogP contribution is 2.09. The van der Waals surface area contributed by atoms with Crippen molar-refractivity contribution in [1.29, 1.82) is 0 Å². The number of unbranched alkanes of at least 4 members (excludes halogenated alkanes) is 8.